The average Bonchev–Trinajstić information content (AvgIpc) is 2.57. The minimum Gasteiger partial charge on any atom is -0.457 e. The quantitative estimate of drug-likeness (QED) is 0.823. The number of ether oxygens (including phenoxy) is 1. The Morgan fingerprint density at radius 1 is 1.30 bits per heavy atom. The van der Waals surface area contributed by atoms with Gasteiger partial charge in [-0.15, -0.1) is 0 Å². The Hall–Kier alpha value is -2.96. The second kappa shape index (κ2) is 7.88. The number of nitrogen functional groups attached to an aromatic ring is 1. The Balaban J connectivity index is 1.89. The summed E-state index contributed by atoms with van der Waals surface area (Å²) in [5, 5.41) is 0. The average molecular weight is 317 g/mol. The minimum atomic E-state index is -0.531. The van der Waals surface area contributed by atoms with E-state index in [0.717, 1.165) is 0 Å². The first-order valence-electron chi connectivity index (χ1n) is 6.93. The fraction of sp³-hybridized carbons (Fsp3) is 0.188. The zero-order chi connectivity index (χ0) is 16.7. The molecular formula is C16H16FN3O3. The normalized spacial score (nSPS) is 11.3. The van der Waals surface area contributed by atoms with E-state index in [1.165, 1.54) is 16.8 Å². The molecule has 2 aromatic rings. The van der Waals surface area contributed by atoms with E-state index in [-0.39, 0.29) is 31.0 Å². The molecule has 120 valence electrons. The molecule has 2 rings (SSSR count). The van der Waals surface area contributed by atoms with Crippen molar-refractivity contribution in [2.45, 2.75) is 13.0 Å². The third-order valence-electron chi connectivity index (χ3n) is 3.12. The van der Waals surface area contributed by atoms with Crippen LogP contribution >= 0.6 is 0 Å². The van der Waals surface area contributed by atoms with Crippen LogP contribution < -0.4 is 11.4 Å². The zero-order valence-electron chi connectivity index (χ0n) is 12.3. The summed E-state index contributed by atoms with van der Waals surface area (Å²) in [4.78, 5) is 26.9. The highest BCUT2D eigenvalue weighted by Crippen LogP contribution is 2.08. The Morgan fingerprint density at radius 3 is 2.70 bits per heavy atom. The number of nitrogens with zero attached hydrogens (tertiary/aromatic N) is 2. The Morgan fingerprint density at radius 2 is 2.04 bits per heavy atom. The molecule has 0 atom stereocenters. The van der Waals surface area contributed by atoms with Crippen molar-refractivity contribution >= 4 is 11.8 Å². The molecule has 1 aromatic carbocycles. The molecule has 1 aromatic heterocycles. The van der Waals surface area contributed by atoms with Crippen molar-refractivity contribution in [1.29, 1.82) is 0 Å². The SMILES string of the molecule is Nc1ccn(CC/C(=C\F)COC(=O)c2ccccc2)c(=O)n1. The van der Waals surface area contributed by atoms with E-state index >= 15 is 0 Å². The van der Waals surface area contributed by atoms with E-state index in [0.29, 0.717) is 11.9 Å². The van der Waals surface area contributed by atoms with Crippen molar-refractivity contribution in [2.24, 2.45) is 0 Å². The van der Waals surface area contributed by atoms with E-state index < -0.39 is 11.7 Å². The van der Waals surface area contributed by atoms with Gasteiger partial charge in [0, 0.05) is 12.7 Å². The van der Waals surface area contributed by atoms with Gasteiger partial charge in [0.05, 0.1) is 11.9 Å². The van der Waals surface area contributed by atoms with Gasteiger partial charge in [-0.2, -0.15) is 4.98 Å². The number of aryl methyl sites for hydroxylation is 1. The molecule has 2 N–H and O–H groups in total. The van der Waals surface area contributed by atoms with Crippen LogP contribution in [-0.2, 0) is 11.3 Å². The number of benzene rings is 1. The fourth-order valence-electron chi connectivity index (χ4n) is 1.85. The molecule has 6 nitrogen and oxygen atoms in total. The van der Waals surface area contributed by atoms with Gasteiger partial charge < -0.3 is 10.5 Å². The molecule has 0 aliphatic carbocycles. The Labute approximate surface area is 132 Å². The smallest absolute Gasteiger partial charge is 0.349 e. The summed E-state index contributed by atoms with van der Waals surface area (Å²) in [6.07, 6.45) is 2.08. The van der Waals surface area contributed by atoms with Crippen molar-refractivity contribution in [3.05, 3.63) is 70.5 Å². The molecule has 0 aliphatic rings. The summed E-state index contributed by atoms with van der Waals surface area (Å²) in [6.45, 7) is 0.0339. The van der Waals surface area contributed by atoms with Gasteiger partial charge in [0.2, 0.25) is 0 Å². The number of halogens is 1. The van der Waals surface area contributed by atoms with Crippen LogP contribution in [0.2, 0.25) is 0 Å². The van der Waals surface area contributed by atoms with Gasteiger partial charge in [0.1, 0.15) is 12.4 Å². The lowest BCUT2D eigenvalue weighted by atomic mass is 10.2. The number of carbonyl (C=O) groups excluding carboxylic acids is 1. The number of aromatic nitrogens is 2. The van der Waals surface area contributed by atoms with Gasteiger partial charge in [-0.1, -0.05) is 18.2 Å². The number of esters is 1. The van der Waals surface area contributed by atoms with Crippen LogP contribution in [0, 0.1) is 0 Å². The van der Waals surface area contributed by atoms with Crippen LogP contribution in [0.5, 0.6) is 0 Å². The predicted molar refractivity (Wildman–Crippen MR) is 83.4 cm³/mol. The summed E-state index contributed by atoms with van der Waals surface area (Å²) in [7, 11) is 0. The van der Waals surface area contributed by atoms with Crippen molar-refractivity contribution < 1.29 is 13.9 Å². The number of rotatable bonds is 6. The van der Waals surface area contributed by atoms with Crippen LogP contribution in [0.25, 0.3) is 0 Å². The lowest BCUT2D eigenvalue weighted by Gasteiger charge is -2.09. The molecule has 0 aliphatic heterocycles. The Kier molecular flexibility index (Phi) is 5.62. The topological polar surface area (TPSA) is 87.2 Å². The first-order valence-corrected chi connectivity index (χ1v) is 6.93. The molecule has 0 fully saturated rings. The second-order valence-corrected chi connectivity index (χ2v) is 4.79. The highest BCUT2D eigenvalue weighted by atomic mass is 19.1. The number of carbonyl (C=O) groups is 1. The largest absolute Gasteiger partial charge is 0.457 e. The molecule has 0 amide bonds. The van der Waals surface area contributed by atoms with Crippen molar-refractivity contribution in [3.63, 3.8) is 0 Å². The first-order chi connectivity index (χ1) is 11.1. The lowest BCUT2D eigenvalue weighted by molar-refractivity contribution is 0.0536. The summed E-state index contributed by atoms with van der Waals surface area (Å²) in [5.74, 6) is -0.402. The van der Waals surface area contributed by atoms with Crippen LogP contribution in [0.15, 0.2) is 59.3 Å². The van der Waals surface area contributed by atoms with Gasteiger partial charge in [-0.25, -0.2) is 14.0 Å². The van der Waals surface area contributed by atoms with Crippen molar-refractivity contribution in [3.8, 4) is 0 Å². The van der Waals surface area contributed by atoms with Gasteiger partial charge in [0.15, 0.2) is 0 Å². The predicted octanol–water partition coefficient (Wildman–Crippen LogP) is 1.93. The second-order valence-electron chi connectivity index (χ2n) is 4.79. The van der Waals surface area contributed by atoms with Crippen LogP contribution in [0.3, 0.4) is 0 Å². The molecule has 23 heavy (non-hydrogen) atoms. The lowest BCUT2D eigenvalue weighted by Crippen LogP contribution is -2.23. The van der Waals surface area contributed by atoms with Crippen LogP contribution in [0.4, 0.5) is 10.2 Å². The van der Waals surface area contributed by atoms with Crippen LogP contribution in [-0.4, -0.2) is 22.1 Å². The standard InChI is InChI=1S/C16H16FN3O3/c17-10-12(6-8-20-9-7-14(18)19-16(20)22)11-23-15(21)13-4-2-1-3-5-13/h1-5,7,9-10H,6,8,11H2,(H2,18,19,22)/b12-10+. The van der Waals surface area contributed by atoms with Gasteiger partial charge in [-0.3, -0.25) is 4.57 Å². The van der Waals surface area contributed by atoms with Gasteiger partial charge >= 0.3 is 11.7 Å². The molecule has 1 heterocycles. The van der Waals surface area contributed by atoms with Gasteiger partial charge in [0.25, 0.3) is 0 Å². The summed E-state index contributed by atoms with van der Waals surface area (Å²) in [5.41, 5.74) is 5.54. The third-order valence-corrected chi connectivity index (χ3v) is 3.12. The summed E-state index contributed by atoms with van der Waals surface area (Å²) >= 11 is 0. The van der Waals surface area contributed by atoms with Crippen LogP contribution in [0.1, 0.15) is 16.8 Å². The highest BCUT2D eigenvalue weighted by Gasteiger charge is 2.08. The molecule has 0 radical (unpaired) electrons. The summed E-state index contributed by atoms with van der Waals surface area (Å²) in [6, 6.07) is 9.91. The summed E-state index contributed by atoms with van der Waals surface area (Å²) < 4.78 is 19.3. The maximum atomic E-state index is 12.9. The van der Waals surface area contributed by atoms with E-state index in [2.05, 4.69) is 4.98 Å². The highest BCUT2D eigenvalue weighted by molar-refractivity contribution is 5.89. The molecule has 0 saturated carbocycles. The van der Waals surface area contributed by atoms with E-state index in [1.807, 2.05) is 0 Å². The maximum Gasteiger partial charge on any atom is 0.349 e. The van der Waals surface area contributed by atoms with E-state index in [9.17, 15) is 14.0 Å². The number of hydrogen-bond donors (Lipinski definition) is 1. The molecular weight excluding hydrogens is 301 g/mol. The number of hydrogen-bond acceptors (Lipinski definition) is 5. The minimum absolute atomic E-state index is 0.129. The Bertz CT molecular complexity index is 757. The molecule has 0 saturated heterocycles. The molecule has 0 bridgehead atoms. The first kappa shape index (κ1) is 16.4. The molecule has 7 heteroatoms. The molecule has 0 spiro atoms. The van der Waals surface area contributed by atoms with E-state index in [1.54, 1.807) is 30.3 Å². The zero-order valence-corrected chi connectivity index (χ0v) is 12.3. The van der Waals surface area contributed by atoms with Crippen molar-refractivity contribution in [2.75, 3.05) is 12.3 Å². The molecule has 0 unspecified atom stereocenters. The monoisotopic (exact) mass is 317 g/mol. The number of nitrogens with two attached hydrogens (primary N) is 1. The fourth-order valence-corrected chi connectivity index (χ4v) is 1.85. The van der Waals surface area contributed by atoms with E-state index in [4.69, 9.17) is 10.5 Å². The van der Waals surface area contributed by atoms with Crippen molar-refractivity contribution in [1.82, 2.24) is 9.55 Å². The van der Waals surface area contributed by atoms with Gasteiger partial charge in [-0.05, 0) is 30.2 Å². The maximum absolute atomic E-state index is 12.9. The number of anilines is 1. The third kappa shape index (κ3) is 4.77.